The predicted octanol–water partition coefficient (Wildman–Crippen LogP) is 3.79. The number of rotatable bonds is 6. The Bertz CT molecular complexity index is 1680. The number of esters is 1. The molecule has 0 radical (unpaired) electrons. The van der Waals surface area contributed by atoms with Crippen LogP contribution >= 0.6 is 0 Å². The Morgan fingerprint density at radius 3 is 2.60 bits per heavy atom. The van der Waals surface area contributed by atoms with E-state index in [1.54, 1.807) is 25.1 Å². The first-order valence-corrected chi connectivity index (χ1v) is 13.8. The van der Waals surface area contributed by atoms with Gasteiger partial charge in [0.1, 0.15) is 6.04 Å². The highest BCUT2D eigenvalue weighted by molar-refractivity contribution is 5.93. The van der Waals surface area contributed by atoms with Gasteiger partial charge in [0.15, 0.2) is 0 Å². The number of halogens is 3. The number of nitrogens with one attached hydrogen (secondary N) is 1. The Labute approximate surface area is 245 Å². The van der Waals surface area contributed by atoms with Gasteiger partial charge < -0.3 is 14.3 Å². The molecule has 5 rings (SSSR count). The molecule has 0 unspecified atom stereocenters. The predicted molar refractivity (Wildman–Crippen MR) is 150 cm³/mol. The number of allylic oxidation sites excluding steroid dienone is 1. The average Bonchev–Trinajstić information content (AvgIpc) is 3.36. The summed E-state index contributed by atoms with van der Waals surface area (Å²) < 4.78 is 47.9. The van der Waals surface area contributed by atoms with Crippen LogP contribution in [0.25, 0.3) is 0 Å². The highest BCUT2D eigenvalue weighted by Crippen LogP contribution is 2.43. The number of nitrogens with zero attached hydrogens (tertiary/aromatic N) is 5. The van der Waals surface area contributed by atoms with Gasteiger partial charge in [-0.05, 0) is 48.4 Å². The molecule has 2 N–H and O–H groups in total. The van der Waals surface area contributed by atoms with E-state index in [2.05, 4.69) is 23.3 Å². The summed E-state index contributed by atoms with van der Waals surface area (Å²) in [4.78, 5) is 28.1. The molecule has 13 heteroatoms. The third kappa shape index (κ3) is 5.68. The zero-order valence-corrected chi connectivity index (χ0v) is 24.0. The van der Waals surface area contributed by atoms with E-state index in [4.69, 9.17) is 4.74 Å². The summed E-state index contributed by atoms with van der Waals surface area (Å²) in [5.41, 5.74) is 0.455. The van der Waals surface area contributed by atoms with Gasteiger partial charge in [0.05, 0.1) is 62.7 Å². The normalized spacial score (nSPS) is 22.2. The number of hydrogen-bond acceptors (Lipinski definition) is 7. The van der Waals surface area contributed by atoms with Crippen LogP contribution in [0, 0.1) is 11.3 Å². The number of alkyl halides is 3. The number of methoxy groups -OCH3 is 1. The summed E-state index contributed by atoms with van der Waals surface area (Å²) in [6, 6.07) is 10.7. The van der Waals surface area contributed by atoms with Crippen LogP contribution in [0.15, 0.2) is 58.5 Å². The SMILES string of the molecule is COC(=O)C1=C(C)N(c2cccc(C(F)(F)F)c2)c2n[nH]c(=O)n2[C@@H]1c1ccc(C#N)cc1CC[N+]1(C)CCC(O)CC1. The smallest absolute Gasteiger partial charge is 0.416 e. The van der Waals surface area contributed by atoms with E-state index in [9.17, 15) is 33.1 Å². The maximum atomic E-state index is 13.6. The number of aromatic nitrogens is 3. The van der Waals surface area contributed by atoms with Crippen molar-refractivity contribution in [1.82, 2.24) is 14.8 Å². The number of nitriles is 1. The molecule has 1 atom stereocenters. The van der Waals surface area contributed by atoms with Crippen molar-refractivity contribution < 1.29 is 32.3 Å². The number of hydrogen-bond donors (Lipinski definition) is 2. The van der Waals surface area contributed by atoms with E-state index in [0.29, 0.717) is 41.4 Å². The number of carbonyl (C=O) groups is 1. The van der Waals surface area contributed by atoms with Crippen molar-refractivity contribution in [3.05, 3.63) is 86.5 Å². The molecule has 2 aliphatic heterocycles. The number of piperidine rings is 1. The number of H-pyrrole nitrogens is 1. The fourth-order valence-corrected chi connectivity index (χ4v) is 6.03. The maximum absolute atomic E-state index is 13.6. The molecule has 10 nitrogen and oxygen atoms in total. The number of likely N-dealkylation sites (N-methyl/N-ethyl adjacent to an activating group) is 1. The molecule has 1 aromatic heterocycles. The Hall–Kier alpha value is -4.41. The van der Waals surface area contributed by atoms with Crippen LogP contribution in [-0.2, 0) is 22.1 Å². The second kappa shape index (κ2) is 11.3. The van der Waals surface area contributed by atoms with Crippen molar-refractivity contribution in [2.75, 3.05) is 38.7 Å². The van der Waals surface area contributed by atoms with E-state index in [1.165, 1.54) is 28.7 Å². The number of carbonyl (C=O) groups excluding carboxylic acids is 1. The lowest BCUT2D eigenvalue weighted by molar-refractivity contribution is -0.914. The summed E-state index contributed by atoms with van der Waals surface area (Å²) in [5.74, 6) is -0.767. The molecule has 43 heavy (non-hydrogen) atoms. The van der Waals surface area contributed by atoms with Gasteiger partial charge in [-0.25, -0.2) is 19.3 Å². The molecule has 0 saturated carbocycles. The highest BCUT2D eigenvalue weighted by atomic mass is 19.4. The van der Waals surface area contributed by atoms with Crippen LogP contribution < -0.4 is 10.6 Å². The topological polar surface area (TPSA) is 124 Å². The summed E-state index contributed by atoms with van der Waals surface area (Å²) in [6.45, 7) is 3.81. The minimum absolute atomic E-state index is 0.00111. The molecule has 2 aromatic carbocycles. The van der Waals surface area contributed by atoms with Crippen molar-refractivity contribution >= 4 is 17.6 Å². The quantitative estimate of drug-likeness (QED) is 0.327. The van der Waals surface area contributed by atoms with Gasteiger partial charge in [0, 0.05) is 30.6 Å². The van der Waals surface area contributed by atoms with Crippen molar-refractivity contribution in [3.63, 3.8) is 0 Å². The highest BCUT2D eigenvalue weighted by Gasteiger charge is 2.41. The monoisotopic (exact) mass is 597 g/mol. The van der Waals surface area contributed by atoms with Crippen molar-refractivity contribution in [3.8, 4) is 6.07 Å². The number of aromatic amines is 1. The van der Waals surface area contributed by atoms with Gasteiger partial charge in [-0.1, -0.05) is 12.1 Å². The molecule has 0 bridgehead atoms. The fraction of sp³-hybridized carbons (Fsp3) is 0.400. The summed E-state index contributed by atoms with van der Waals surface area (Å²) in [6.07, 6.45) is -3.09. The standard InChI is InChI=1S/C30H31F3N6O4/c1-18-25(27(41)43-3)26(24-8-7-19(17-34)15-20(24)9-12-39(2)13-10-23(40)11-14-39)38-28(35-36-29(38)42)37(18)22-6-4-5-21(16-22)30(31,32)33/h4-8,15-16,23,26,40H,9-14H2,1-3H3/p+1/t23?,26-,39?/m1/s1. The van der Waals surface area contributed by atoms with Gasteiger partial charge in [-0.3, -0.25) is 4.90 Å². The van der Waals surface area contributed by atoms with Crippen molar-refractivity contribution in [2.24, 2.45) is 0 Å². The van der Waals surface area contributed by atoms with Gasteiger partial charge >= 0.3 is 17.8 Å². The Balaban J connectivity index is 1.67. The third-order valence-electron chi connectivity index (χ3n) is 8.47. The zero-order chi connectivity index (χ0) is 31.1. The summed E-state index contributed by atoms with van der Waals surface area (Å²) in [7, 11) is 3.30. The minimum atomic E-state index is -4.62. The van der Waals surface area contributed by atoms with Crippen LogP contribution in [0.3, 0.4) is 0 Å². The molecule has 2 aliphatic rings. The Kier molecular flexibility index (Phi) is 7.93. The lowest BCUT2D eigenvalue weighted by Crippen LogP contribution is -2.52. The number of likely N-dealkylation sites (tertiary alicyclic amines) is 1. The summed E-state index contributed by atoms with van der Waals surface area (Å²) >= 11 is 0. The van der Waals surface area contributed by atoms with E-state index in [1.807, 2.05) is 0 Å². The number of benzene rings is 2. The average molecular weight is 598 g/mol. The fourth-order valence-electron chi connectivity index (χ4n) is 6.03. The van der Waals surface area contributed by atoms with Gasteiger partial charge in [-0.2, -0.15) is 18.4 Å². The molecule has 3 aromatic rings. The van der Waals surface area contributed by atoms with E-state index in [0.717, 1.165) is 30.8 Å². The second-order valence-electron chi connectivity index (χ2n) is 11.3. The van der Waals surface area contributed by atoms with Crippen molar-refractivity contribution in [1.29, 1.82) is 5.26 Å². The lowest BCUT2D eigenvalue weighted by Gasteiger charge is -2.40. The van der Waals surface area contributed by atoms with Crippen LogP contribution in [0.5, 0.6) is 0 Å². The second-order valence-corrected chi connectivity index (χ2v) is 11.3. The van der Waals surface area contributed by atoms with E-state index >= 15 is 0 Å². The van der Waals surface area contributed by atoms with Gasteiger partial charge in [-0.15, -0.1) is 5.10 Å². The molecular weight excluding hydrogens is 565 g/mol. The number of anilines is 2. The maximum Gasteiger partial charge on any atom is 0.416 e. The van der Waals surface area contributed by atoms with Crippen LogP contribution in [0.1, 0.15) is 48.1 Å². The molecule has 1 saturated heterocycles. The van der Waals surface area contributed by atoms with Gasteiger partial charge in [0.2, 0.25) is 5.95 Å². The van der Waals surface area contributed by atoms with E-state index < -0.39 is 29.4 Å². The van der Waals surface area contributed by atoms with Gasteiger partial charge in [0.25, 0.3) is 0 Å². The van der Waals surface area contributed by atoms with E-state index in [-0.39, 0.29) is 29.0 Å². The molecule has 0 spiro atoms. The van der Waals surface area contributed by atoms with Crippen LogP contribution in [0.4, 0.5) is 24.8 Å². The van der Waals surface area contributed by atoms with Crippen molar-refractivity contribution in [2.45, 2.75) is 44.5 Å². The number of aliphatic hydroxyl groups is 1. The Morgan fingerprint density at radius 2 is 1.95 bits per heavy atom. The first kappa shape index (κ1) is 30.1. The first-order chi connectivity index (χ1) is 20.4. The number of fused-ring (bicyclic) bond motifs is 1. The number of aliphatic hydroxyl groups excluding tert-OH is 1. The largest absolute Gasteiger partial charge is 0.466 e. The lowest BCUT2D eigenvalue weighted by atomic mass is 9.88. The molecular formula is C30H32F3N6O4+. The Morgan fingerprint density at radius 1 is 1.23 bits per heavy atom. The molecule has 1 fully saturated rings. The molecule has 3 heterocycles. The molecule has 226 valence electrons. The number of quaternary nitrogens is 1. The number of ether oxygens (including phenoxy) is 1. The van der Waals surface area contributed by atoms with Crippen LogP contribution in [0.2, 0.25) is 0 Å². The molecule has 0 aliphatic carbocycles. The van der Waals surface area contributed by atoms with Crippen LogP contribution in [-0.4, -0.2) is 70.2 Å². The molecule has 0 amide bonds. The summed E-state index contributed by atoms with van der Waals surface area (Å²) in [5, 5.41) is 26.2. The zero-order valence-electron chi connectivity index (χ0n) is 24.0. The minimum Gasteiger partial charge on any atom is -0.466 e. The first-order valence-electron chi connectivity index (χ1n) is 13.8. The third-order valence-corrected chi connectivity index (χ3v) is 8.47.